The molecule has 5 nitrogen and oxygen atoms in total. The number of rotatable bonds is 2. The van der Waals surface area contributed by atoms with Gasteiger partial charge in [0.25, 0.3) is 0 Å². The van der Waals surface area contributed by atoms with E-state index in [9.17, 15) is 4.79 Å². The highest BCUT2D eigenvalue weighted by atomic mass is 16.5. The van der Waals surface area contributed by atoms with Gasteiger partial charge in [-0.3, -0.25) is 5.32 Å². The molecule has 0 atom stereocenters. The molecular formula is C8H10N2O3. The number of amides is 1. The molecule has 70 valence electrons. The van der Waals surface area contributed by atoms with E-state index >= 15 is 0 Å². The molecule has 0 fully saturated rings. The largest absolute Gasteiger partial charge is 0.495 e. The van der Waals surface area contributed by atoms with Gasteiger partial charge >= 0.3 is 6.09 Å². The molecule has 5 heteroatoms. The van der Waals surface area contributed by atoms with Crippen molar-refractivity contribution in [2.45, 2.75) is 0 Å². The number of methoxy groups -OCH3 is 1. The fourth-order valence-electron chi connectivity index (χ4n) is 0.912. The summed E-state index contributed by atoms with van der Waals surface area (Å²) in [5, 5.41) is 10.6. The lowest BCUT2D eigenvalue weighted by molar-refractivity contribution is 0.210. The van der Waals surface area contributed by atoms with Gasteiger partial charge in [-0.25, -0.2) is 4.79 Å². The number of hydrogen-bond donors (Lipinski definition) is 3. The summed E-state index contributed by atoms with van der Waals surface area (Å²) < 4.78 is 4.91. The molecule has 1 amide bonds. The Hall–Kier alpha value is -1.91. The van der Waals surface area contributed by atoms with E-state index in [1.54, 1.807) is 12.1 Å². The molecule has 0 radical (unpaired) electrons. The van der Waals surface area contributed by atoms with E-state index in [-0.39, 0.29) is 0 Å². The second-order valence-corrected chi connectivity index (χ2v) is 2.39. The van der Waals surface area contributed by atoms with Crippen LogP contribution in [-0.4, -0.2) is 18.3 Å². The van der Waals surface area contributed by atoms with Crippen molar-refractivity contribution >= 4 is 17.5 Å². The van der Waals surface area contributed by atoms with Gasteiger partial charge in [0.05, 0.1) is 12.8 Å². The Morgan fingerprint density at radius 1 is 1.62 bits per heavy atom. The summed E-state index contributed by atoms with van der Waals surface area (Å²) >= 11 is 0. The second-order valence-electron chi connectivity index (χ2n) is 2.39. The Labute approximate surface area is 75.1 Å². The molecule has 13 heavy (non-hydrogen) atoms. The third-order valence-corrected chi connectivity index (χ3v) is 1.48. The lowest BCUT2D eigenvalue weighted by Gasteiger charge is -2.06. The molecule has 0 aliphatic rings. The molecule has 0 spiro atoms. The van der Waals surface area contributed by atoms with Crippen LogP contribution in [0.1, 0.15) is 0 Å². The molecule has 1 aromatic rings. The number of nitrogen functional groups attached to an aromatic ring is 1. The van der Waals surface area contributed by atoms with Crippen LogP contribution in [0.3, 0.4) is 0 Å². The molecule has 0 bridgehead atoms. The second kappa shape index (κ2) is 3.66. The third-order valence-electron chi connectivity index (χ3n) is 1.48. The highest BCUT2D eigenvalue weighted by Gasteiger charge is 2.02. The smallest absolute Gasteiger partial charge is 0.409 e. The summed E-state index contributed by atoms with van der Waals surface area (Å²) in [6.07, 6.45) is -1.12. The Balaban J connectivity index is 2.92. The molecule has 0 aliphatic heterocycles. The first-order chi connectivity index (χ1) is 6.13. The van der Waals surface area contributed by atoms with Crippen LogP contribution >= 0.6 is 0 Å². The lowest BCUT2D eigenvalue weighted by atomic mass is 10.2. The zero-order valence-electron chi connectivity index (χ0n) is 7.07. The van der Waals surface area contributed by atoms with Gasteiger partial charge in [0.15, 0.2) is 0 Å². The first-order valence-corrected chi connectivity index (χ1v) is 3.57. The van der Waals surface area contributed by atoms with E-state index in [0.29, 0.717) is 17.1 Å². The normalized spacial score (nSPS) is 9.31. The van der Waals surface area contributed by atoms with Crippen molar-refractivity contribution in [1.29, 1.82) is 0 Å². The van der Waals surface area contributed by atoms with Crippen molar-refractivity contribution < 1.29 is 14.6 Å². The number of carbonyl (C=O) groups is 1. The molecule has 0 heterocycles. The molecular weight excluding hydrogens is 172 g/mol. The number of ether oxygens (including phenoxy) is 1. The Kier molecular flexibility index (Phi) is 2.59. The Bertz CT molecular complexity index is 325. The summed E-state index contributed by atoms with van der Waals surface area (Å²) in [5.74, 6) is 0.450. The monoisotopic (exact) mass is 182 g/mol. The van der Waals surface area contributed by atoms with Crippen molar-refractivity contribution in [3.05, 3.63) is 18.2 Å². The molecule has 4 N–H and O–H groups in total. The van der Waals surface area contributed by atoms with Gasteiger partial charge in [0.2, 0.25) is 0 Å². The number of nitrogens with one attached hydrogen (secondary N) is 1. The number of nitrogens with two attached hydrogens (primary N) is 1. The molecule has 0 aliphatic carbocycles. The van der Waals surface area contributed by atoms with E-state index in [4.69, 9.17) is 15.6 Å². The van der Waals surface area contributed by atoms with Crippen LogP contribution in [0.15, 0.2) is 18.2 Å². The van der Waals surface area contributed by atoms with Crippen molar-refractivity contribution in [2.24, 2.45) is 0 Å². The minimum Gasteiger partial charge on any atom is -0.495 e. The van der Waals surface area contributed by atoms with Gasteiger partial charge < -0.3 is 15.6 Å². The minimum absolute atomic E-state index is 0.429. The molecule has 0 unspecified atom stereocenters. The molecule has 0 saturated heterocycles. The summed E-state index contributed by atoms with van der Waals surface area (Å²) in [6, 6.07) is 4.65. The maximum atomic E-state index is 10.3. The predicted molar refractivity (Wildman–Crippen MR) is 49.1 cm³/mol. The average molecular weight is 182 g/mol. The average Bonchev–Trinajstić information content (AvgIpc) is 2.07. The van der Waals surface area contributed by atoms with E-state index in [2.05, 4.69) is 5.32 Å². The van der Waals surface area contributed by atoms with Gasteiger partial charge in [-0.2, -0.15) is 0 Å². The SMILES string of the molecule is COc1cc(NC(=O)O)ccc1N. The van der Waals surface area contributed by atoms with Gasteiger partial charge in [-0.1, -0.05) is 0 Å². The van der Waals surface area contributed by atoms with E-state index < -0.39 is 6.09 Å². The van der Waals surface area contributed by atoms with Crippen LogP contribution in [0.25, 0.3) is 0 Å². The number of benzene rings is 1. The van der Waals surface area contributed by atoms with Crippen LogP contribution in [0.2, 0.25) is 0 Å². The van der Waals surface area contributed by atoms with Gasteiger partial charge in [0.1, 0.15) is 5.75 Å². The van der Waals surface area contributed by atoms with Gasteiger partial charge in [0, 0.05) is 11.8 Å². The fraction of sp³-hybridized carbons (Fsp3) is 0.125. The first-order valence-electron chi connectivity index (χ1n) is 3.57. The minimum atomic E-state index is -1.12. The van der Waals surface area contributed by atoms with Crippen molar-refractivity contribution in [3.8, 4) is 5.75 Å². The Morgan fingerprint density at radius 3 is 2.85 bits per heavy atom. The van der Waals surface area contributed by atoms with Gasteiger partial charge in [-0.05, 0) is 12.1 Å². The molecule has 1 rings (SSSR count). The number of anilines is 2. The maximum Gasteiger partial charge on any atom is 0.409 e. The number of hydrogen-bond acceptors (Lipinski definition) is 3. The van der Waals surface area contributed by atoms with Crippen LogP contribution in [0.4, 0.5) is 16.2 Å². The van der Waals surface area contributed by atoms with Crippen molar-refractivity contribution in [1.82, 2.24) is 0 Å². The van der Waals surface area contributed by atoms with E-state index in [1.807, 2.05) is 0 Å². The molecule has 0 saturated carbocycles. The Morgan fingerprint density at radius 2 is 2.31 bits per heavy atom. The number of carboxylic acid groups (broad SMARTS) is 1. The third kappa shape index (κ3) is 2.26. The van der Waals surface area contributed by atoms with Crippen LogP contribution in [0.5, 0.6) is 5.75 Å². The molecule has 1 aromatic carbocycles. The van der Waals surface area contributed by atoms with Gasteiger partial charge in [-0.15, -0.1) is 0 Å². The summed E-state index contributed by atoms with van der Waals surface area (Å²) in [6.45, 7) is 0. The summed E-state index contributed by atoms with van der Waals surface area (Å²) in [4.78, 5) is 10.3. The predicted octanol–water partition coefficient (Wildman–Crippen LogP) is 1.37. The molecule has 0 aromatic heterocycles. The first kappa shape index (κ1) is 9.18. The van der Waals surface area contributed by atoms with Crippen molar-refractivity contribution in [2.75, 3.05) is 18.2 Å². The zero-order valence-corrected chi connectivity index (χ0v) is 7.07. The summed E-state index contributed by atoms with van der Waals surface area (Å²) in [5.41, 5.74) is 6.43. The topological polar surface area (TPSA) is 84.6 Å². The van der Waals surface area contributed by atoms with E-state index in [0.717, 1.165) is 0 Å². The fourth-order valence-corrected chi connectivity index (χ4v) is 0.912. The quantitative estimate of drug-likeness (QED) is 0.603. The zero-order chi connectivity index (χ0) is 9.84. The van der Waals surface area contributed by atoms with Crippen LogP contribution in [0, 0.1) is 0 Å². The standard InChI is InChI=1S/C8H10N2O3/c1-13-7-4-5(10-8(11)12)2-3-6(7)9/h2-4,10H,9H2,1H3,(H,11,12). The van der Waals surface area contributed by atoms with Crippen LogP contribution < -0.4 is 15.8 Å². The highest BCUT2D eigenvalue weighted by Crippen LogP contribution is 2.24. The highest BCUT2D eigenvalue weighted by molar-refractivity contribution is 5.83. The van der Waals surface area contributed by atoms with E-state index in [1.165, 1.54) is 13.2 Å². The lowest BCUT2D eigenvalue weighted by Crippen LogP contribution is -2.07. The van der Waals surface area contributed by atoms with Crippen LogP contribution in [-0.2, 0) is 0 Å². The maximum absolute atomic E-state index is 10.3. The van der Waals surface area contributed by atoms with Crippen molar-refractivity contribution in [3.63, 3.8) is 0 Å². The summed E-state index contributed by atoms with van der Waals surface area (Å²) in [7, 11) is 1.47.